The van der Waals surface area contributed by atoms with Gasteiger partial charge in [0.1, 0.15) is 6.10 Å². The lowest BCUT2D eigenvalue weighted by Crippen LogP contribution is -2.38. The maximum absolute atomic E-state index is 13.1. The first kappa shape index (κ1) is 21.3. The molecule has 1 amide bonds. The van der Waals surface area contributed by atoms with Crippen molar-refractivity contribution in [2.24, 2.45) is 0 Å². The maximum atomic E-state index is 13.1. The fourth-order valence-corrected chi connectivity index (χ4v) is 3.20. The Hall–Kier alpha value is -2.40. The minimum atomic E-state index is -0.596. The van der Waals surface area contributed by atoms with Gasteiger partial charge in [0.05, 0.1) is 28.9 Å². The van der Waals surface area contributed by atoms with Crippen LogP contribution in [0.5, 0.6) is 0 Å². The van der Waals surface area contributed by atoms with Crippen LogP contribution in [-0.2, 0) is 29.2 Å². The second-order valence-corrected chi connectivity index (χ2v) is 7.52. The van der Waals surface area contributed by atoms with Gasteiger partial charge in [-0.15, -0.1) is 0 Å². The average molecular weight is 429 g/mol. The topological polar surface area (TPSA) is 42.4 Å². The van der Waals surface area contributed by atoms with Crippen molar-refractivity contribution in [3.05, 3.63) is 99.8 Å². The molecule has 2 aromatic carbocycles. The zero-order chi connectivity index (χ0) is 20.6. The number of ether oxygens (including phenoxy) is 1. The highest BCUT2D eigenvalue weighted by molar-refractivity contribution is 6.42. The van der Waals surface area contributed by atoms with Crippen molar-refractivity contribution < 1.29 is 9.53 Å². The number of carbonyl (C=O) groups excluding carboxylic acids is 1. The summed E-state index contributed by atoms with van der Waals surface area (Å²) in [5, 5.41) is 0.945. The Kier molecular flexibility index (Phi) is 7.64. The second-order valence-electron chi connectivity index (χ2n) is 6.70. The molecule has 1 heterocycles. The van der Waals surface area contributed by atoms with Crippen LogP contribution in [0.4, 0.5) is 0 Å². The lowest BCUT2D eigenvalue weighted by Gasteiger charge is -2.26. The number of pyridine rings is 1. The van der Waals surface area contributed by atoms with Crippen molar-refractivity contribution in [2.45, 2.75) is 32.7 Å². The van der Waals surface area contributed by atoms with E-state index in [1.165, 1.54) is 0 Å². The Bertz CT molecular complexity index is 936. The molecule has 0 bridgehead atoms. The molecule has 0 radical (unpaired) electrons. The van der Waals surface area contributed by atoms with Gasteiger partial charge < -0.3 is 9.64 Å². The highest BCUT2D eigenvalue weighted by Crippen LogP contribution is 2.24. The van der Waals surface area contributed by atoms with E-state index in [1.54, 1.807) is 30.2 Å². The summed E-state index contributed by atoms with van der Waals surface area (Å²) in [7, 11) is 0. The summed E-state index contributed by atoms with van der Waals surface area (Å²) in [6, 6.07) is 20.8. The number of nitrogens with zero attached hydrogens (tertiary/aromatic N) is 2. The van der Waals surface area contributed by atoms with E-state index in [0.717, 1.165) is 16.8 Å². The monoisotopic (exact) mass is 428 g/mol. The van der Waals surface area contributed by atoms with Crippen molar-refractivity contribution >= 4 is 29.1 Å². The van der Waals surface area contributed by atoms with Gasteiger partial charge in [0, 0.05) is 12.7 Å². The van der Waals surface area contributed by atoms with E-state index in [1.807, 2.05) is 54.6 Å². The molecule has 1 atom stereocenters. The number of rotatable bonds is 8. The molecular weight excluding hydrogens is 407 g/mol. The molecule has 1 aromatic heterocycles. The number of carbonyl (C=O) groups is 1. The number of aromatic nitrogens is 1. The molecule has 0 N–H and O–H groups in total. The van der Waals surface area contributed by atoms with Crippen molar-refractivity contribution in [1.29, 1.82) is 0 Å². The summed E-state index contributed by atoms with van der Waals surface area (Å²) in [4.78, 5) is 19.2. The first-order valence-corrected chi connectivity index (χ1v) is 10.1. The van der Waals surface area contributed by atoms with Crippen LogP contribution in [0.2, 0.25) is 10.0 Å². The second kappa shape index (κ2) is 10.4. The standard InChI is InChI=1S/C23H22Cl2N2O2/c1-17(29-16-18-7-3-2-4-8-18)23(28)27(15-20-9-5-6-12-26-20)14-19-10-11-21(24)22(25)13-19/h2-13,17H,14-16H2,1H3. The first-order chi connectivity index (χ1) is 14.0. The molecule has 4 nitrogen and oxygen atoms in total. The van der Waals surface area contributed by atoms with Gasteiger partial charge in [0.15, 0.2) is 0 Å². The molecule has 0 saturated heterocycles. The highest BCUT2D eigenvalue weighted by Gasteiger charge is 2.22. The summed E-state index contributed by atoms with van der Waals surface area (Å²) in [6.07, 6.45) is 1.12. The zero-order valence-electron chi connectivity index (χ0n) is 16.1. The summed E-state index contributed by atoms with van der Waals surface area (Å²) in [5.74, 6) is -0.113. The molecule has 3 rings (SSSR count). The van der Waals surface area contributed by atoms with Gasteiger partial charge >= 0.3 is 0 Å². The van der Waals surface area contributed by atoms with E-state index in [9.17, 15) is 4.79 Å². The van der Waals surface area contributed by atoms with Crippen LogP contribution >= 0.6 is 23.2 Å². The van der Waals surface area contributed by atoms with Crippen molar-refractivity contribution in [2.75, 3.05) is 0 Å². The molecule has 6 heteroatoms. The van der Waals surface area contributed by atoms with Gasteiger partial charge in [-0.2, -0.15) is 0 Å². The Balaban J connectivity index is 1.73. The molecule has 150 valence electrons. The van der Waals surface area contributed by atoms with E-state index in [0.29, 0.717) is 29.7 Å². The van der Waals surface area contributed by atoms with Crippen LogP contribution in [0, 0.1) is 0 Å². The van der Waals surface area contributed by atoms with Crippen molar-refractivity contribution in [1.82, 2.24) is 9.88 Å². The first-order valence-electron chi connectivity index (χ1n) is 9.31. The zero-order valence-corrected chi connectivity index (χ0v) is 17.6. The largest absolute Gasteiger partial charge is 0.364 e. The van der Waals surface area contributed by atoms with Gasteiger partial charge in [-0.05, 0) is 42.3 Å². The van der Waals surface area contributed by atoms with Gasteiger partial charge in [-0.25, -0.2) is 0 Å². The minimum absolute atomic E-state index is 0.113. The van der Waals surface area contributed by atoms with E-state index < -0.39 is 6.10 Å². The molecule has 0 aliphatic heterocycles. The minimum Gasteiger partial charge on any atom is -0.364 e. The normalized spacial score (nSPS) is 11.8. The smallest absolute Gasteiger partial charge is 0.252 e. The number of amides is 1. The third kappa shape index (κ3) is 6.29. The van der Waals surface area contributed by atoms with Gasteiger partial charge in [0.25, 0.3) is 5.91 Å². The van der Waals surface area contributed by atoms with Crippen LogP contribution in [-0.4, -0.2) is 21.9 Å². The van der Waals surface area contributed by atoms with Crippen molar-refractivity contribution in [3.63, 3.8) is 0 Å². The molecule has 0 spiro atoms. The average Bonchev–Trinajstić information content (AvgIpc) is 2.75. The molecular formula is C23H22Cl2N2O2. The van der Waals surface area contributed by atoms with E-state index in [-0.39, 0.29) is 5.91 Å². The van der Waals surface area contributed by atoms with Gasteiger partial charge in [0.2, 0.25) is 0 Å². The van der Waals surface area contributed by atoms with Crippen molar-refractivity contribution in [3.8, 4) is 0 Å². The highest BCUT2D eigenvalue weighted by atomic mass is 35.5. The number of halogens is 2. The lowest BCUT2D eigenvalue weighted by molar-refractivity contribution is -0.144. The van der Waals surface area contributed by atoms with E-state index >= 15 is 0 Å². The van der Waals surface area contributed by atoms with Gasteiger partial charge in [-0.3, -0.25) is 9.78 Å². The summed E-state index contributed by atoms with van der Waals surface area (Å²) in [6.45, 7) is 2.90. The predicted molar refractivity (Wildman–Crippen MR) is 116 cm³/mol. The van der Waals surface area contributed by atoms with Crippen LogP contribution in [0.3, 0.4) is 0 Å². The molecule has 0 aliphatic carbocycles. The number of hydrogen-bond acceptors (Lipinski definition) is 3. The van der Waals surface area contributed by atoms with E-state index in [2.05, 4.69) is 4.98 Å². The van der Waals surface area contributed by atoms with Crippen LogP contribution < -0.4 is 0 Å². The third-order valence-corrected chi connectivity index (χ3v) is 5.18. The summed E-state index contributed by atoms with van der Waals surface area (Å²) in [5.41, 5.74) is 2.71. The fourth-order valence-electron chi connectivity index (χ4n) is 2.88. The van der Waals surface area contributed by atoms with Crippen LogP contribution in [0.15, 0.2) is 72.9 Å². The molecule has 0 saturated carbocycles. The van der Waals surface area contributed by atoms with Crippen LogP contribution in [0.25, 0.3) is 0 Å². The van der Waals surface area contributed by atoms with Crippen LogP contribution in [0.1, 0.15) is 23.7 Å². The molecule has 0 fully saturated rings. The summed E-state index contributed by atoms with van der Waals surface area (Å²) >= 11 is 12.2. The molecule has 0 aliphatic rings. The molecule has 29 heavy (non-hydrogen) atoms. The Morgan fingerprint density at radius 2 is 1.72 bits per heavy atom. The number of hydrogen-bond donors (Lipinski definition) is 0. The van der Waals surface area contributed by atoms with Gasteiger partial charge in [-0.1, -0.05) is 65.7 Å². The quantitative estimate of drug-likeness (QED) is 0.473. The lowest BCUT2D eigenvalue weighted by atomic mass is 10.2. The predicted octanol–water partition coefficient (Wildman–Crippen LogP) is 5.52. The Labute approximate surface area is 181 Å². The molecule has 3 aromatic rings. The molecule has 1 unspecified atom stereocenters. The Morgan fingerprint density at radius 1 is 0.966 bits per heavy atom. The third-order valence-electron chi connectivity index (χ3n) is 4.44. The van der Waals surface area contributed by atoms with E-state index in [4.69, 9.17) is 27.9 Å². The number of benzene rings is 2. The maximum Gasteiger partial charge on any atom is 0.252 e. The SMILES string of the molecule is CC(OCc1ccccc1)C(=O)N(Cc1ccc(Cl)c(Cl)c1)Cc1ccccn1. The Morgan fingerprint density at radius 3 is 2.41 bits per heavy atom. The summed E-state index contributed by atoms with van der Waals surface area (Å²) < 4.78 is 5.83. The fraction of sp³-hybridized carbons (Fsp3) is 0.217.